The standard InChI is InChI=1S/C18H17N3O/c1-11-5-7-15-14(9-11)18(20-10-19-15)21-16-8-6-13-12(16)3-2-4-17(13)22/h2-5,7,9-10,16,22H,6,8H2,1H3,(H,19,20,21). The Kier molecular flexibility index (Phi) is 2.96. The molecular weight excluding hydrogens is 274 g/mol. The summed E-state index contributed by atoms with van der Waals surface area (Å²) in [5, 5.41) is 14.5. The van der Waals surface area contributed by atoms with Crippen LogP contribution >= 0.6 is 0 Å². The van der Waals surface area contributed by atoms with Crippen LogP contribution in [0.15, 0.2) is 42.7 Å². The minimum Gasteiger partial charge on any atom is -0.508 e. The summed E-state index contributed by atoms with van der Waals surface area (Å²) >= 11 is 0. The molecule has 2 aromatic carbocycles. The number of aromatic hydroxyl groups is 1. The molecule has 0 saturated carbocycles. The number of aromatic nitrogens is 2. The molecule has 0 spiro atoms. The van der Waals surface area contributed by atoms with E-state index in [1.807, 2.05) is 12.1 Å². The van der Waals surface area contributed by atoms with E-state index in [0.717, 1.165) is 35.1 Å². The van der Waals surface area contributed by atoms with Crippen LogP contribution in [0.3, 0.4) is 0 Å². The lowest BCUT2D eigenvalue weighted by Crippen LogP contribution is -2.09. The van der Waals surface area contributed by atoms with E-state index >= 15 is 0 Å². The molecule has 0 aliphatic heterocycles. The van der Waals surface area contributed by atoms with Gasteiger partial charge in [-0.05, 0) is 49.1 Å². The number of nitrogens with one attached hydrogen (secondary N) is 1. The van der Waals surface area contributed by atoms with Gasteiger partial charge in [0, 0.05) is 5.39 Å². The van der Waals surface area contributed by atoms with E-state index in [9.17, 15) is 5.11 Å². The van der Waals surface area contributed by atoms with Crippen LogP contribution in [-0.2, 0) is 6.42 Å². The molecule has 0 fully saturated rings. The predicted molar refractivity (Wildman–Crippen MR) is 87.1 cm³/mol. The third-order valence-electron chi connectivity index (χ3n) is 4.35. The molecule has 110 valence electrons. The maximum absolute atomic E-state index is 9.97. The van der Waals surface area contributed by atoms with Crippen molar-refractivity contribution in [3.05, 3.63) is 59.4 Å². The zero-order valence-corrected chi connectivity index (χ0v) is 12.4. The van der Waals surface area contributed by atoms with E-state index in [0.29, 0.717) is 5.75 Å². The van der Waals surface area contributed by atoms with Crippen LogP contribution < -0.4 is 5.32 Å². The van der Waals surface area contributed by atoms with Crippen molar-refractivity contribution in [3.63, 3.8) is 0 Å². The Balaban J connectivity index is 1.74. The van der Waals surface area contributed by atoms with Crippen molar-refractivity contribution in [3.8, 4) is 5.75 Å². The van der Waals surface area contributed by atoms with Crippen LogP contribution in [0, 0.1) is 6.92 Å². The number of phenolic OH excluding ortho intramolecular Hbond substituents is 1. The molecule has 1 aliphatic carbocycles. The van der Waals surface area contributed by atoms with Gasteiger partial charge in [0.15, 0.2) is 0 Å². The topological polar surface area (TPSA) is 58.0 Å². The van der Waals surface area contributed by atoms with Gasteiger partial charge in [0.2, 0.25) is 0 Å². The molecule has 1 aromatic heterocycles. The molecule has 4 heteroatoms. The van der Waals surface area contributed by atoms with Crippen molar-refractivity contribution < 1.29 is 5.11 Å². The average molecular weight is 291 g/mol. The van der Waals surface area contributed by atoms with Gasteiger partial charge in [0.05, 0.1) is 11.6 Å². The quantitative estimate of drug-likeness (QED) is 0.755. The molecule has 4 nitrogen and oxygen atoms in total. The lowest BCUT2D eigenvalue weighted by Gasteiger charge is -2.16. The summed E-state index contributed by atoms with van der Waals surface area (Å²) in [4.78, 5) is 8.75. The van der Waals surface area contributed by atoms with Crippen molar-refractivity contribution in [1.82, 2.24) is 9.97 Å². The number of hydrogen-bond donors (Lipinski definition) is 2. The van der Waals surface area contributed by atoms with Crippen LogP contribution in [-0.4, -0.2) is 15.1 Å². The normalized spacial score (nSPS) is 16.7. The number of benzene rings is 2. The first-order chi connectivity index (χ1) is 10.7. The monoisotopic (exact) mass is 291 g/mol. The molecule has 22 heavy (non-hydrogen) atoms. The first kappa shape index (κ1) is 13.1. The molecule has 1 heterocycles. The van der Waals surface area contributed by atoms with Gasteiger partial charge in [-0.3, -0.25) is 0 Å². The Hall–Kier alpha value is -2.62. The Morgan fingerprint density at radius 2 is 2.09 bits per heavy atom. The van der Waals surface area contributed by atoms with E-state index in [-0.39, 0.29) is 6.04 Å². The van der Waals surface area contributed by atoms with Crippen LogP contribution in [0.25, 0.3) is 10.9 Å². The van der Waals surface area contributed by atoms with Crippen LogP contribution in [0.5, 0.6) is 5.75 Å². The highest BCUT2D eigenvalue weighted by molar-refractivity contribution is 5.89. The van der Waals surface area contributed by atoms with Gasteiger partial charge in [-0.25, -0.2) is 9.97 Å². The minimum atomic E-state index is 0.181. The fourth-order valence-electron chi connectivity index (χ4n) is 3.24. The van der Waals surface area contributed by atoms with Crippen LogP contribution in [0.4, 0.5) is 5.82 Å². The SMILES string of the molecule is Cc1ccc2ncnc(NC3CCc4c(O)cccc43)c2c1. The molecule has 1 unspecified atom stereocenters. The largest absolute Gasteiger partial charge is 0.508 e. The van der Waals surface area contributed by atoms with E-state index < -0.39 is 0 Å². The van der Waals surface area contributed by atoms with Crippen molar-refractivity contribution in [2.45, 2.75) is 25.8 Å². The Morgan fingerprint density at radius 3 is 3.00 bits per heavy atom. The molecule has 1 atom stereocenters. The maximum atomic E-state index is 9.97. The summed E-state index contributed by atoms with van der Waals surface area (Å²) in [6.45, 7) is 2.07. The number of aryl methyl sites for hydroxylation is 1. The Bertz CT molecular complexity index is 860. The molecule has 0 radical (unpaired) electrons. The number of rotatable bonds is 2. The first-order valence-corrected chi connectivity index (χ1v) is 7.51. The highest BCUT2D eigenvalue weighted by atomic mass is 16.3. The van der Waals surface area contributed by atoms with Crippen molar-refractivity contribution in [2.24, 2.45) is 0 Å². The van der Waals surface area contributed by atoms with Gasteiger partial charge < -0.3 is 10.4 Å². The second kappa shape index (κ2) is 4.98. The summed E-state index contributed by atoms with van der Waals surface area (Å²) < 4.78 is 0. The number of hydrogen-bond acceptors (Lipinski definition) is 4. The molecule has 4 rings (SSSR count). The second-order valence-corrected chi connectivity index (χ2v) is 5.82. The zero-order valence-electron chi connectivity index (χ0n) is 12.4. The molecule has 0 bridgehead atoms. The fraction of sp³-hybridized carbons (Fsp3) is 0.222. The van der Waals surface area contributed by atoms with Crippen molar-refractivity contribution in [2.75, 3.05) is 5.32 Å². The number of anilines is 1. The molecule has 3 aromatic rings. The maximum Gasteiger partial charge on any atom is 0.137 e. The van der Waals surface area contributed by atoms with Gasteiger partial charge in [0.1, 0.15) is 17.9 Å². The highest BCUT2D eigenvalue weighted by Crippen LogP contribution is 2.38. The average Bonchev–Trinajstić information content (AvgIpc) is 2.93. The van der Waals surface area contributed by atoms with Gasteiger partial charge >= 0.3 is 0 Å². The first-order valence-electron chi connectivity index (χ1n) is 7.51. The van der Waals surface area contributed by atoms with Gasteiger partial charge in [0.25, 0.3) is 0 Å². The minimum absolute atomic E-state index is 0.181. The summed E-state index contributed by atoms with van der Waals surface area (Å²) in [7, 11) is 0. The summed E-state index contributed by atoms with van der Waals surface area (Å²) in [6, 6.07) is 12.1. The van der Waals surface area contributed by atoms with E-state index in [1.165, 1.54) is 11.1 Å². The predicted octanol–water partition coefficient (Wildman–Crippen LogP) is 3.74. The van der Waals surface area contributed by atoms with E-state index in [4.69, 9.17) is 0 Å². The molecule has 1 aliphatic rings. The molecule has 0 saturated heterocycles. The van der Waals surface area contributed by atoms with Crippen molar-refractivity contribution in [1.29, 1.82) is 0 Å². The summed E-state index contributed by atoms with van der Waals surface area (Å²) in [5.41, 5.74) is 4.35. The Morgan fingerprint density at radius 1 is 1.18 bits per heavy atom. The Labute approximate surface area is 128 Å². The summed E-state index contributed by atoms with van der Waals surface area (Å²) in [6.07, 6.45) is 3.45. The highest BCUT2D eigenvalue weighted by Gasteiger charge is 2.25. The lowest BCUT2D eigenvalue weighted by molar-refractivity contribution is 0.469. The number of nitrogens with zero attached hydrogens (tertiary/aromatic N) is 2. The smallest absolute Gasteiger partial charge is 0.137 e. The third-order valence-corrected chi connectivity index (χ3v) is 4.35. The van der Waals surface area contributed by atoms with E-state index in [2.05, 4.69) is 40.4 Å². The van der Waals surface area contributed by atoms with Gasteiger partial charge in [-0.15, -0.1) is 0 Å². The van der Waals surface area contributed by atoms with Crippen molar-refractivity contribution >= 4 is 16.7 Å². The van der Waals surface area contributed by atoms with Gasteiger partial charge in [-0.1, -0.05) is 23.8 Å². The number of fused-ring (bicyclic) bond motifs is 2. The summed E-state index contributed by atoms with van der Waals surface area (Å²) in [5.74, 6) is 1.25. The molecule has 2 N–H and O–H groups in total. The molecular formula is C18H17N3O. The van der Waals surface area contributed by atoms with E-state index in [1.54, 1.807) is 12.4 Å². The van der Waals surface area contributed by atoms with Crippen LogP contribution in [0.2, 0.25) is 0 Å². The lowest BCUT2D eigenvalue weighted by atomic mass is 10.1. The second-order valence-electron chi connectivity index (χ2n) is 5.82. The van der Waals surface area contributed by atoms with Gasteiger partial charge in [-0.2, -0.15) is 0 Å². The third kappa shape index (κ3) is 2.08. The fourth-order valence-corrected chi connectivity index (χ4v) is 3.24. The molecule has 0 amide bonds. The zero-order chi connectivity index (χ0) is 15.1. The van der Waals surface area contributed by atoms with Crippen LogP contribution in [0.1, 0.15) is 29.2 Å². The number of phenols is 1.